The minimum atomic E-state index is -5.55. The highest BCUT2D eigenvalue weighted by Gasteiger charge is 2.68. The summed E-state index contributed by atoms with van der Waals surface area (Å²) in [5.74, 6) is -2.97. The average molecular weight is 580 g/mol. The summed E-state index contributed by atoms with van der Waals surface area (Å²) in [5, 5.41) is 50.6. The van der Waals surface area contributed by atoms with Gasteiger partial charge in [0.15, 0.2) is 12.2 Å². The zero-order valence-electron chi connectivity index (χ0n) is 22.9. The van der Waals surface area contributed by atoms with Crippen LogP contribution in [0, 0.1) is 0 Å². The van der Waals surface area contributed by atoms with Gasteiger partial charge in [0, 0.05) is 0 Å². The fraction of sp³-hybridized carbons (Fsp3) is 0.680. The minimum Gasteiger partial charge on any atom is -0.479 e. The van der Waals surface area contributed by atoms with Crippen molar-refractivity contribution >= 4 is 19.5 Å². The molecule has 1 unspecified atom stereocenters. The number of amides is 1. The van der Waals surface area contributed by atoms with E-state index in [0.717, 1.165) is 31.8 Å². The van der Waals surface area contributed by atoms with Crippen LogP contribution in [-0.4, -0.2) is 91.1 Å². The third-order valence-corrected chi connectivity index (χ3v) is 7.98. The molecule has 1 amide bonds. The van der Waals surface area contributed by atoms with Gasteiger partial charge in [-0.15, -0.1) is 0 Å². The van der Waals surface area contributed by atoms with Crippen molar-refractivity contribution < 1.29 is 58.6 Å². The molecule has 1 heterocycles. The fourth-order valence-electron chi connectivity index (χ4n) is 3.72. The summed E-state index contributed by atoms with van der Waals surface area (Å²) in [6, 6.07) is 0. The van der Waals surface area contributed by atoms with Crippen molar-refractivity contribution in [2.24, 2.45) is 5.73 Å². The molecule has 224 valence electrons. The van der Waals surface area contributed by atoms with E-state index in [0.29, 0.717) is 6.42 Å². The Bertz CT molecular complexity index is 1000. The normalized spacial score (nSPS) is 30.4. The van der Waals surface area contributed by atoms with Crippen molar-refractivity contribution in [1.29, 1.82) is 0 Å². The Morgan fingerprint density at radius 2 is 1.56 bits per heavy atom. The zero-order chi connectivity index (χ0) is 30.2. The monoisotopic (exact) mass is 579 g/mol. The highest BCUT2D eigenvalue weighted by molar-refractivity contribution is 7.54. The molecule has 1 rings (SSSR count). The molecule has 1 aliphatic heterocycles. The molecule has 0 saturated carbocycles. The zero-order valence-corrected chi connectivity index (χ0v) is 23.8. The van der Waals surface area contributed by atoms with E-state index in [9.17, 15) is 44.6 Å². The topological polar surface area (TPSA) is 226 Å². The van der Waals surface area contributed by atoms with Crippen LogP contribution in [0.3, 0.4) is 0 Å². The second kappa shape index (κ2) is 14.6. The Labute approximate surface area is 228 Å². The van der Waals surface area contributed by atoms with Crippen LogP contribution in [0.1, 0.15) is 60.3 Å². The van der Waals surface area contributed by atoms with Gasteiger partial charge >= 0.3 is 19.1 Å². The van der Waals surface area contributed by atoms with Gasteiger partial charge in [0.05, 0.1) is 13.2 Å². The van der Waals surface area contributed by atoms with Crippen molar-refractivity contribution in [3.63, 3.8) is 0 Å². The Balaban J connectivity index is 2.77. The van der Waals surface area contributed by atoms with Crippen LogP contribution in [0.4, 0.5) is 0 Å². The van der Waals surface area contributed by atoms with E-state index in [4.69, 9.17) is 19.7 Å². The SMILES string of the molecule is CC(C)=CCC/C(C)=C/CC/C(C)=C\CO[C@H](COP(=O)(O)[C@]1(O)O[C@H](C(N)=O)[C@@](C)(O)[C@H](O)[C@H]1O)C(=O)O. The third kappa shape index (κ3) is 9.59. The summed E-state index contributed by atoms with van der Waals surface area (Å²) in [6.07, 6.45) is 0.394. The summed E-state index contributed by atoms with van der Waals surface area (Å²) < 4.78 is 27.5. The van der Waals surface area contributed by atoms with Gasteiger partial charge in [-0.1, -0.05) is 34.9 Å². The molecule has 1 aliphatic rings. The summed E-state index contributed by atoms with van der Waals surface area (Å²) in [4.78, 5) is 33.5. The first-order valence-corrected chi connectivity index (χ1v) is 14.0. The minimum absolute atomic E-state index is 0.167. The predicted molar refractivity (Wildman–Crippen MR) is 140 cm³/mol. The number of carboxylic acid groups (broad SMARTS) is 1. The lowest BCUT2D eigenvalue weighted by atomic mass is 9.85. The first-order chi connectivity index (χ1) is 17.9. The van der Waals surface area contributed by atoms with E-state index in [1.165, 1.54) is 11.1 Å². The molecule has 8 N–H and O–H groups in total. The lowest BCUT2D eigenvalue weighted by Crippen LogP contribution is -2.71. The lowest BCUT2D eigenvalue weighted by molar-refractivity contribution is -0.329. The van der Waals surface area contributed by atoms with Crippen LogP contribution in [0.2, 0.25) is 0 Å². The first-order valence-electron chi connectivity index (χ1n) is 12.4. The van der Waals surface area contributed by atoms with Crippen LogP contribution in [0.5, 0.6) is 0 Å². The molecule has 1 fully saturated rings. The van der Waals surface area contributed by atoms with Crippen molar-refractivity contribution in [2.45, 2.75) is 95.8 Å². The van der Waals surface area contributed by atoms with E-state index < -0.39 is 61.6 Å². The van der Waals surface area contributed by atoms with Gasteiger partial charge in [0.25, 0.3) is 0 Å². The predicted octanol–water partition coefficient (Wildman–Crippen LogP) is 1.08. The Morgan fingerprint density at radius 1 is 1.03 bits per heavy atom. The number of primary amides is 1. The lowest BCUT2D eigenvalue weighted by Gasteiger charge is -2.49. The molecule has 7 atom stereocenters. The summed E-state index contributed by atoms with van der Waals surface area (Å²) >= 11 is 0. The van der Waals surface area contributed by atoms with Crippen molar-refractivity contribution in [3.05, 3.63) is 34.9 Å². The molecule has 0 aliphatic carbocycles. The molecule has 0 spiro atoms. The van der Waals surface area contributed by atoms with E-state index in [2.05, 4.69) is 32.9 Å². The number of aliphatic hydroxyl groups is 4. The molecule has 0 bridgehead atoms. The molecule has 39 heavy (non-hydrogen) atoms. The number of carbonyl (C=O) groups excluding carboxylic acids is 1. The first kappa shape index (κ1) is 35.1. The van der Waals surface area contributed by atoms with Crippen LogP contribution < -0.4 is 5.73 Å². The van der Waals surface area contributed by atoms with Gasteiger partial charge < -0.3 is 50.2 Å². The van der Waals surface area contributed by atoms with E-state index in [1.54, 1.807) is 6.08 Å². The number of hydrogen-bond donors (Lipinski definition) is 7. The molecular weight excluding hydrogens is 537 g/mol. The maximum atomic E-state index is 12.8. The number of carboxylic acids is 1. The maximum Gasteiger partial charge on any atom is 0.390 e. The van der Waals surface area contributed by atoms with Gasteiger partial charge in [-0.05, 0) is 60.3 Å². The largest absolute Gasteiger partial charge is 0.479 e. The van der Waals surface area contributed by atoms with E-state index in [1.807, 2.05) is 6.92 Å². The molecular formula is C25H42NO12P. The quantitative estimate of drug-likeness (QED) is 0.107. The summed E-state index contributed by atoms with van der Waals surface area (Å²) in [6.45, 7) is 7.62. The Morgan fingerprint density at radius 3 is 2.08 bits per heavy atom. The second-order valence-corrected chi connectivity index (χ2v) is 12.1. The molecule has 0 aromatic heterocycles. The maximum absolute atomic E-state index is 12.8. The van der Waals surface area contributed by atoms with E-state index in [-0.39, 0.29) is 6.61 Å². The number of allylic oxidation sites excluding steroid dienone is 5. The molecule has 0 aromatic rings. The van der Waals surface area contributed by atoms with Crippen LogP contribution >= 0.6 is 7.60 Å². The molecule has 1 saturated heterocycles. The number of carbonyl (C=O) groups is 2. The van der Waals surface area contributed by atoms with Gasteiger partial charge in [-0.25, -0.2) is 4.79 Å². The van der Waals surface area contributed by atoms with Crippen molar-refractivity contribution in [3.8, 4) is 0 Å². The number of hydrogen-bond acceptors (Lipinski definition) is 10. The highest BCUT2D eigenvalue weighted by Crippen LogP contribution is 2.59. The Hall–Kier alpha value is -1.93. The second-order valence-electron chi connectivity index (χ2n) is 10.1. The fourth-order valence-corrected chi connectivity index (χ4v) is 4.96. The summed E-state index contributed by atoms with van der Waals surface area (Å²) in [7, 11) is -5.55. The van der Waals surface area contributed by atoms with Gasteiger partial charge in [-0.2, -0.15) is 0 Å². The number of aliphatic carboxylic acids is 1. The molecule has 0 aromatic carbocycles. The van der Waals surface area contributed by atoms with Crippen molar-refractivity contribution in [2.75, 3.05) is 13.2 Å². The number of nitrogens with two attached hydrogens (primary N) is 1. The molecule has 14 heteroatoms. The molecule has 0 radical (unpaired) electrons. The third-order valence-electron chi connectivity index (χ3n) is 6.30. The van der Waals surface area contributed by atoms with Crippen LogP contribution in [0.15, 0.2) is 34.9 Å². The van der Waals surface area contributed by atoms with Gasteiger partial charge in [0.2, 0.25) is 5.91 Å². The van der Waals surface area contributed by atoms with E-state index >= 15 is 0 Å². The van der Waals surface area contributed by atoms with Crippen LogP contribution in [0.25, 0.3) is 0 Å². The number of rotatable bonds is 15. The van der Waals surface area contributed by atoms with Gasteiger partial charge in [-0.3, -0.25) is 9.36 Å². The molecule has 13 nitrogen and oxygen atoms in total. The summed E-state index contributed by atoms with van der Waals surface area (Å²) in [5.41, 5.74) is 2.39. The van der Waals surface area contributed by atoms with Crippen LogP contribution in [-0.2, 0) is 28.2 Å². The Kier molecular flexibility index (Phi) is 13.2. The highest BCUT2D eigenvalue weighted by atomic mass is 31.2. The van der Waals surface area contributed by atoms with Gasteiger partial charge in [0.1, 0.15) is 17.8 Å². The number of aliphatic hydroxyl groups excluding tert-OH is 2. The standard InChI is InChI=1S/C25H42NO12P/c1-15(2)8-6-9-16(3)10-7-11-17(4)12-13-36-18(23(30)31)14-37-39(34,35)25(33)20(28)19(27)24(5,32)21(38-25)22(26)29/h8,10,12,18-21,27-28,32-33H,6-7,9,11,13-14H2,1-5H3,(H2,26,29)(H,30,31)(H,34,35)/b16-10+,17-12-/t18-,19-,20-,21-,24+,25-/m1/s1. The smallest absolute Gasteiger partial charge is 0.390 e. The number of ether oxygens (including phenoxy) is 2. The van der Waals surface area contributed by atoms with Crippen molar-refractivity contribution in [1.82, 2.24) is 0 Å². The average Bonchev–Trinajstić information content (AvgIpc) is 2.81.